The van der Waals surface area contributed by atoms with Crippen molar-refractivity contribution in [3.63, 3.8) is 0 Å². The number of amides is 2. The maximum Gasteiger partial charge on any atom is 0.317 e. The molecule has 2 aromatic rings. The molecule has 0 saturated carbocycles. The van der Waals surface area contributed by atoms with Crippen molar-refractivity contribution >= 4 is 6.03 Å². The molecular weight excluding hydrogens is 326 g/mol. The number of hydrogen-bond donors (Lipinski definition) is 1. The van der Waals surface area contributed by atoms with Gasteiger partial charge in [-0.25, -0.2) is 4.79 Å². The van der Waals surface area contributed by atoms with Crippen LogP contribution in [0.15, 0.2) is 36.5 Å². The molecule has 138 valence electrons. The summed E-state index contributed by atoms with van der Waals surface area (Å²) in [6.45, 7) is 7.21. The Bertz CT molecular complexity index is 765. The van der Waals surface area contributed by atoms with Gasteiger partial charge in [0.25, 0.3) is 0 Å². The van der Waals surface area contributed by atoms with Crippen LogP contribution in [0.5, 0.6) is 0 Å². The number of hydrogen-bond acceptors (Lipinski definition) is 3. The lowest BCUT2D eigenvalue weighted by Gasteiger charge is -2.34. The summed E-state index contributed by atoms with van der Waals surface area (Å²) in [4.78, 5) is 16.7. The number of nitrogens with zero attached hydrogens (tertiary/aromatic N) is 4. The van der Waals surface area contributed by atoms with Crippen LogP contribution in [0.4, 0.5) is 4.79 Å². The van der Waals surface area contributed by atoms with E-state index in [4.69, 9.17) is 0 Å². The topological polar surface area (TPSA) is 53.4 Å². The van der Waals surface area contributed by atoms with E-state index in [1.54, 1.807) is 0 Å². The minimum absolute atomic E-state index is 0.0620. The molecule has 6 nitrogen and oxygen atoms in total. The first-order valence-electron chi connectivity index (χ1n) is 9.52. The molecule has 0 radical (unpaired) electrons. The molecule has 3 heterocycles. The van der Waals surface area contributed by atoms with Gasteiger partial charge in [0.2, 0.25) is 0 Å². The van der Waals surface area contributed by atoms with E-state index in [2.05, 4.69) is 57.3 Å². The van der Waals surface area contributed by atoms with Crippen LogP contribution in [0.25, 0.3) is 0 Å². The molecule has 1 aromatic carbocycles. The number of nitrogens with one attached hydrogen (secondary N) is 1. The van der Waals surface area contributed by atoms with Gasteiger partial charge < -0.3 is 10.2 Å². The average Bonchev–Trinajstić information content (AvgIpc) is 3.31. The molecule has 1 aromatic heterocycles. The summed E-state index contributed by atoms with van der Waals surface area (Å²) in [5, 5.41) is 7.61. The van der Waals surface area contributed by atoms with Gasteiger partial charge in [0.05, 0.1) is 11.7 Å². The molecule has 2 aliphatic heterocycles. The maximum atomic E-state index is 12.3. The Balaban J connectivity index is 1.41. The number of rotatable bonds is 4. The highest BCUT2D eigenvalue weighted by Gasteiger charge is 2.27. The van der Waals surface area contributed by atoms with Gasteiger partial charge >= 0.3 is 6.03 Å². The third-order valence-corrected chi connectivity index (χ3v) is 5.32. The van der Waals surface area contributed by atoms with Crippen LogP contribution in [0.2, 0.25) is 0 Å². The highest BCUT2D eigenvalue weighted by atomic mass is 16.2. The van der Waals surface area contributed by atoms with Crippen LogP contribution in [0, 0.1) is 6.92 Å². The van der Waals surface area contributed by atoms with Crippen molar-refractivity contribution in [2.45, 2.75) is 38.9 Å². The summed E-state index contributed by atoms with van der Waals surface area (Å²) < 4.78 is 2.08. The fourth-order valence-electron chi connectivity index (χ4n) is 4.04. The van der Waals surface area contributed by atoms with E-state index < -0.39 is 0 Å². The summed E-state index contributed by atoms with van der Waals surface area (Å²) in [5.74, 6) is 0. The Morgan fingerprint density at radius 2 is 2.12 bits per heavy atom. The first-order chi connectivity index (χ1) is 12.7. The quantitative estimate of drug-likeness (QED) is 0.919. The number of aromatic nitrogens is 2. The molecule has 1 N–H and O–H groups in total. The largest absolute Gasteiger partial charge is 0.336 e. The Morgan fingerprint density at radius 1 is 1.27 bits per heavy atom. The monoisotopic (exact) mass is 353 g/mol. The number of likely N-dealkylation sites (tertiary alicyclic amines) is 1. The van der Waals surface area contributed by atoms with Gasteiger partial charge in [0.1, 0.15) is 0 Å². The standard InChI is InChI=1S/C20H27N5O/c1-16-5-4-6-17(11-16)13-23-14-18-7-8-22-25(18)19(15-23)12-21-20(26)24-9-2-3-10-24/h4-8,11,19H,2-3,9-10,12-15H2,1H3,(H,21,26). The smallest absolute Gasteiger partial charge is 0.317 e. The third-order valence-electron chi connectivity index (χ3n) is 5.32. The first kappa shape index (κ1) is 17.1. The highest BCUT2D eigenvalue weighted by Crippen LogP contribution is 2.22. The second kappa shape index (κ2) is 7.50. The van der Waals surface area contributed by atoms with Gasteiger partial charge in [-0.1, -0.05) is 29.8 Å². The minimum atomic E-state index is 0.0620. The third kappa shape index (κ3) is 3.75. The van der Waals surface area contributed by atoms with Crippen LogP contribution >= 0.6 is 0 Å². The second-order valence-electron chi connectivity index (χ2n) is 7.46. The van der Waals surface area contributed by atoms with E-state index in [1.165, 1.54) is 16.8 Å². The fourth-order valence-corrected chi connectivity index (χ4v) is 4.04. The zero-order valence-electron chi connectivity index (χ0n) is 15.4. The van der Waals surface area contributed by atoms with Crippen molar-refractivity contribution in [2.24, 2.45) is 0 Å². The van der Waals surface area contributed by atoms with Crippen molar-refractivity contribution in [3.8, 4) is 0 Å². The molecule has 1 saturated heterocycles. The van der Waals surface area contributed by atoms with Crippen molar-refractivity contribution in [2.75, 3.05) is 26.2 Å². The second-order valence-corrected chi connectivity index (χ2v) is 7.46. The Labute approximate surface area is 154 Å². The predicted octanol–water partition coefficient (Wildman–Crippen LogP) is 2.55. The number of urea groups is 1. The number of aryl methyl sites for hydroxylation is 1. The van der Waals surface area contributed by atoms with Crippen molar-refractivity contribution in [1.29, 1.82) is 0 Å². The van der Waals surface area contributed by atoms with Gasteiger partial charge in [0.15, 0.2) is 0 Å². The van der Waals surface area contributed by atoms with Crippen molar-refractivity contribution in [3.05, 3.63) is 53.3 Å². The lowest BCUT2D eigenvalue weighted by atomic mass is 10.1. The van der Waals surface area contributed by atoms with Gasteiger partial charge in [-0.3, -0.25) is 9.58 Å². The zero-order chi connectivity index (χ0) is 17.9. The summed E-state index contributed by atoms with van der Waals surface area (Å²) in [7, 11) is 0. The van der Waals surface area contributed by atoms with E-state index in [9.17, 15) is 4.79 Å². The van der Waals surface area contributed by atoms with Gasteiger partial charge in [-0.05, 0) is 31.4 Å². The summed E-state index contributed by atoms with van der Waals surface area (Å²) in [6.07, 6.45) is 4.09. The molecule has 2 amide bonds. The SMILES string of the molecule is Cc1cccc(CN2Cc3ccnn3C(CNC(=O)N3CCCC3)C2)c1. The number of carbonyl (C=O) groups is 1. The molecule has 1 unspecified atom stereocenters. The zero-order valence-corrected chi connectivity index (χ0v) is 15.4. The van der Waals surface area contributed by atoms with Crippen LogP contribution in [-0.2, 0) is 13.1 Å². The van der Waals surface area contributed by atoms with Crippen LogP contribution in [-0.4, -0.2) is 51.8 Å². The minimum Gasteiger partial charge on any atom is -0.336 e. The summed E-state index contributed by atoms with van der Waals surface area (Å²) in [5.41, 5.74) is 3.83. The van der Waals surface area contributed by atoms with Crippen LogP contribution in [0.3, 0.4) is 0 Å². The predicted molar refractivity (Wildman–Crippen MR) is 101 cm³/mol. The van der Waals surface area contributed by atoms with Gasteiger partial charge in [0, 0.05) is 45.5 Å². The van der Waals surface area contributed by atoms with E-state index in [1.807, 2.05) is 11.1 Å². The average molecular weight is 353 g/mol. The number of carbonyl (C=O) groups excluding carboxylic acids is 1. The molecule has 2 aliphatic rings. The Kier molecular flexibility index (Phi) is 4.93. The highest BCUT2D eigenvalue weighted by molar-refractivity contribution is 5.74. The molecule has 0 spiro atoms. The van der Waals surface area contributed by atoms with Crippen LogP contribution < -0.4 is 5.32 Å². The van der Waals surface area contributed by atoms with Crippen molar-refractivity contribution < 1.29 is 4.79 Å². The maximum absolute atomic E-state index is 12.3. The molecular formula is C20H27N5O. The molecule has 1 fully saturated rings. The van der Waals surface area contributed by atoms with E-state index >= 15 is 0 Å². The number of fused-ring (bicyclic) bond motifs is 1. The Hall–Kier alpha value is -2.34. The van der Waals surface area contributed by atoms with Crippen molar-refractivity contribution in [1.82, 2.24) is 24.9 Å². The first-order valence-corrected chi connectivity index (χ1v) is 9.52. The fraction of sp³-hybridized carbons (Fsp3) is 0.500. The Morgan fingerprint density at radius 3 is 2.92 bits per heavy atom. The molecule has 0 aliphatic carbocycles. The lowest BCUT2D eigenvalue weighted by Crippen LogP contribution is -2.45. The van der Waals surface area contributed by atoms with E-state index in [0.717, 1.165) is 45.6 Å². The van der Waals surface area contributed by atoms with Crippen LogP contribution in [0.1, 0.15) is 35.7 Å². The van der Waals surface area contributed by atoms with Gasteiger partial charge in [-0.2, -0.15) is 5.10 Å². The number of benzene rings is 1. The molecule has 1 atom stereocenters. The summed E-state index contributed by atoms with van der Waals surface area (Å²) >= 11 is 0. The van der Waals surface area contributed by atoms with E-state index in [-0.39, 0.29) is 12.1 Å². The molecule has 26 heavy (non-hydrogen) atoms. The molecule has 0 bridgehead atoms. The molecule has 4 rings (SSSR count). The normalized spacial score (nSPS) is 20.2. The van der Waals surface area contributed by atoms with E-state index in [0.29, 0.717) is 6.54 Å². The molecule has 6 heteroatoms. The summed E-state index contributed by atoms with van der Waals surface area (Å²) in [6, 6.07) is 11.0. The van der Waals surface area contributed by atoms with Gasteiger partial charge in [-0.15, -0.1) is 0 Å². The lowest BCUT2D eigenvalue weighted by molar-refractivity contribution is 0.161.